The van der Waals surface area contributed by atoms with E-state index in [1.165, 1.54) is 0 Å². The van der Waals surface area contributed by atoms with Gasteiger partial charge in [0.25, 0.3) is 0 Å². The van der Waals surface area contributed by atoms with E-state index >= 15 is 0 Å². The second-order valence-corrected chi connectivity index (χ2v) is 9.82. The molecule has 0 unspecified atom stereocenters. The van der Waals surface area contributed by atoms with Gasteiger partial charge in [-0.05, 0) is 117 Å². The summed E-state index contributed by atoms with van der Waals surface area (Å²) < 4.78 is 22.5. The van der Waals surface area contributed by atoms with Crippen molar-refractivity contribution in [2.45, 2.75) is 51.9 Å². The monoisotopic (exact) mass is 562 g/mol. The maximum Gasteiger partial charge on any atom is 0.343 e. The molecule has 0 fully saturated rings. The maximum absolute atomic E-state index is 12.7. The molecule has 0 saturated heterocycles. The van der Waals surface area contributed by atoms with Crippen LogP contribution in [0.4, 0.5) is 0 Å². The van der Waals surface area contributed by atoms with Crippen molar-refractivity contribution in [3.05, 3.63) is 96.1 Å². The molecule has 0 aromatic heterocycles. The van der Waals surface area contributed by atoms with Crippen molar-refractivity contribution in [1.82, 2.24) is 0 Å². The SMILES string of the molecule is C=CCCCCOc1ccc(C(=O)Oc2ccc(OC(=O)c3ccc(OCCCCCCS)cc3)cc2)c(C)c1. The van der Waals surface area contributed by atoms with Gasteiger partial charge in [0.05, 0.1) is 24.3 Å². The lowest BCUT2D eigenvalue weighted by Crippen LogP contribution is -2.11. The summed E-state index contributed by atoms with van der Waals surface area (Å²) >= 11 is 4.22. The van der Waals surface area contributed by atoms with Crippen molar-refractivity contribution in [3.63, 3.8) is 0 Å². The normalized spacial score (nSPS) is 10.6. The Balaban J connectivity index is 1.45. The second-order valence-electron chi connectivity index (χ2n) is 9.37. The van der Waals surface area contributed by atoms with E-state index in [4.69, 9.17) is 18.9 Å². The summed E-state index contributed by atoms with van der Waals surface area (Å²) in [6, 6.07) is 18.5. The summed E-state index contributed by atoms with van der Waals surface area (Å²) in [5, 5.41) is 0. The van der Waals surface area contributed by atoms with E-state index in [-0.39, 0.29) is 0 Å². The topological polar surface area (TPSA) is 71.1 Å². The first-order valence-corrected chi connectivity index (χ1v) is 14.4. The molecule has 6 nitrogen and oxygen atoms in total. The van der Waals surface area contributed by atoms with Gasteiger partial charge < -0.3 is 18.9 Å². The Morgan fingerprint density at radius 2 is 1.25 bits per heavy atom. The summed E-state index contributed by atoms with van der Waals surface area (Å²) in [5.74, 6) is 2.08. The molecule has 7 heteroatoms. The number of allylic oxidation sites excluding steroid dienone is 1. The fourth-order valence-corrected chi connectivity index (χ4v) is 4.11. The molecule has 0 aliphatic carbocycles. The van der Waals surface area contributed by atoms with Crippen LogP contribution in [0.2, 0.25) is 0 Å². The Labute approximate surface area is 242 Å². The molecule has 3 rings (SSSR count). The van der Waals surface area contributed by atoms with E-state index in [9.17, 15) is 9.59 Å². The van der Waals surface area contributed by atoms with E-state index in [1.54, 1.807) is 60.7 Å². The van der Waals surface area contributed by atoms with Crippen LogP contribution in [0.25, 0.3) is 0 Å². The highest BCUT2D eigenvalue weighted by Crippen LogP contribution is 2.23. The van der Waals surface area contributed by atoms with Crippen molar-refractivity contribution in [2.75, 3.05) is 19.0 Å². The largest absolute Gasteiger partial charge is 0.494 e. The van der Waals surface area contributed by atoms with Gasteiger partial charge in [0, 0.05) is 0 Å². The lowest BCUT2D eigenvalue weighted by Gasteiger charge is -2.11. The van der Waals surface area contributed by atoms with Crippen LogP contribution in [-0.2, 0) is 0 Å². The maximum atomic E-state index is 12.7. The van der Waals surface area contributed by atoms with Crippen LogP contribution in [0.5, 0.6) is 23.0 Å². The lowest BCUT2D eigenvalue weighted by molar-refractivity contribution is 0.0719. The number of unbranched alkanes of at least 4 members (excludes halogenated alkanes) is 5. The molecular weight excluding hydrogens is 524 g/mol. The van der Waals surface area contributed by atoms with Crippen molar-refractivity contribution in [1.29, 1.82) is 0 Å². The molecule has 0 radical (unpaired) electrons. The van der Waals surface area contributed by atoms with Crippen molar-refractivity contribution >= 4 is 24.6 Å². The van der Waals surface area contributed by atoms with Gasteiger partial charge in [0.2, 0.25) is 0 Å². The molecule has 40 heavy (non-hydrogen) atoms. The summed E-state index contributed by atoms with van der Waals surface area (Å²) in [5.41, 5.74) is 1.63. The van der Waals surface area contributed by atoms with Crippen LogP contribution >= 0.6 is 12.6 Å². The fourth-order valence-electron chi connectivity index (χ4n) is 3.88. The molecule has 0 aliphatic rings. The Hall–Kier alpha value is -3.71. The highest BCUT2D eigenvalue weighted by molar-refractivity contribution is 7.80. The minimum atomic E-state index is -0.485. The zero-order valence-electron chi connectivity index (χ0n) is 23.1. The average molecular weight is 563 g/mol. The first-order chi connectivity index (χ1) is 19.5. The number of hydrogen-bond donors (Lipinski definition) is 1. The number of ether oxygens (including phenoxy) is 4. The van der Waals surface area contributed by atoms with Gasteiger partial charge in [-0.3, -0.25) is 0 Å². The first kappa shape index (κ1) is 30.8. The van der Waals surface area contributed by atoms with E-state index < -0.39 is 11.9 Å². The van der Waals surface area contributed by atoms with Crippen molar-refractivity contribution in [3.8, 4) is 23.0 Å². The van der Waals surface area contributed by atoms with Crippen LogP contribution in [-0.4, -0.2) is 30.9 Å². The van der Waals surface area contributed by atoms with Gasteiger partial charge in [0.15, 0.2) is 0 Å². The van der Waals surface area contributed by atoms with Gasteiger partial charge in [-0.1, -0.05) is 18.9 Å². The van der Waals surface area contributed by atoms with Crippen molar-refractivity contribution in [2.24, 2.45) is 0 Å². The van der Waals surface area contributed by atoms with Crippen LogP contribution in [0.1, 0.15) is 71.2 Å². The number of aryl methyl sites for hydroxylation is 1. The standard InChI is InChI=1S/C33H38O6S/c1-3-4-5-8-22-37-30-19-20-31(25(2)24-30)33(35)39-29-17-15-28(16-18-29)38-32(34)26-11-13-27(14-12-26)36-21-9-6-7-10-23-40/h3,11-20,24,40H,1,4-10,21-23H2,2H3. The van der Waals surface area contributed by atoms with Crippen LogP contribution in [0.15, 0.2) is 79.4 Å². The quantitative estimate of drug-likeness (QED) is 0.0590. The van der Waals surface area contributed by atoms with Gasteiger partial charge >= 0.3 is 11.9 Å². The van der Waals surface area contributed by atoms with Gasteiger partial charge in [0.1, 0.15) is 23.0 Å². The summed E-state index contributed by atoms with van der Waals surface area (Å²) in [7, 11) is 0. The predicted molar refractivity (Wildman–Crippen MR) is 161 cm³/mol. The first-order valence-electron chi connectivity index (χ1n) is 13.7. The number of esters is 2. The Morgan fingerprint density at radius 1 is 0.700 bits per heavy atom. The molecule has 0 aliphatic heterocycles. The third-order valence-electron chi connectivity index (χ3n) is 6.15. The predicted octanol–water partition coefficient (Wildman–Crippen LogP) is 8.04. The molecule has 0 atom stereocenters. The van der Waals surface area contributed by atoms with E-state index in [1.807, 2.05) is 19.1 Å². The number of carbonyl (C=O) groups is 2. The Morgan fingerprint density at radius 3 is 1.88 bits per heavy atom. The third-order valence-corrected chi connectivity index (χ3v) is 6.46. The summed E-state index contributed by atoms with van der Waals surface area (Å²) in [6.45, 7) is 6.82. The molecule has 0 amide bonds. The third kappa shape index (κ3) is 10.5. The van der Waals surface area contributed by atoms with Crippen LogP contribution in [0.3, 0.4) is 0 Å². The van der Waals surface area contributed by atoms with Crippen LogP contribution < -0.4 is 18.9 Å². The second kappa shape index (κ2) is 17.1. The fraction of sp³-hybridized carbons (Fsp3) is 0.333. The van der Waals surface area contributed by atoms with Crippen LogP contribution in [0, 0.1) is 6.92 Å². The molecule has 0 spiro atoms. The molecule has 0 heterocycles. The number of carbonyl (C=O) groups excluding carboxylic acids is 2. The summed E-state index contributed by atoms with van der Waals surface area (Å²) in [4.78, 5) is 25.3. The molecule has 212 valence electrons. The molecule has 0 bridgehead atoms. The lowest BCUT2D eigenvalue weighted by atomic mass is 10.1. The minimum absolute atomic E-state index is 0.345. The highest BCUT2D eigenvalue weighted by Gasteiger charge is 2.14. The molecule has 3 aromatic rings. The van der Waals surface area contributed by atoms with Gasteiger partial charge in [-0.15, -0.1) is 6.58 Å². The zero-order chi connectivity index (χ0) is 28.6. The number of rotatable bonds is 17. The molecule has 0 saturated carbocycles. The highest BCUT2D eigenvalue weighted by atomic mass is 32.1. The van der Waals surface area contributed by atoms with Gasteiger partial charge in [-0.25, -0.2) is 9.59 Å². The minimum Gasteiger partial charge on any atom is -0.494 e. The smallest absolute Gasteiger partial charge is 0.343 e. The molecule has 0 N–H and O–H groups in total. The average Bonchev–Trinajstić information content (AvgIpc) is 2.96. The van der Waals surface area contributed by atoms with E-state index in [0.717, 1.165) is 62.0 Å². The van der Waals surface area contributed by atoms with Gasteiger partial charge in [-0.2, -0.15) is 12.6 Å². The summed E-state index contributed by atoms with van der Waals surface area (Å²) in [6.07, 6.45) is 9.22. The number of thiol groups is 1. The number of hydrogen-bond acceptors (Lipinski definition) is 7. The molecule has 3 aromatic carbocycles. The van der Waals surface area contributed by atoms with Crippen molar-refractivity contribution < 1.29 is 28.5 Å². The Bertz CT molecular complexity index is 1220. The Kier molecular flexibility index (Phi) is 13.2. The van der Waals surface area contributed by atoms with E-state index in [2.05, 4.69) is 19.2 Å². The molecular formula is C33H38O6S. The number of benzene rings is 3. The zero-order valence-corrected chi connectivity index (χ0v) is 24.0. The van der Waals surface area contributed by atoms with E-state index in [0.29, 0.717) is 41.6 Å².